The second-order valence-electron chi connectivity index (χ2n) is 2.92. The molecular formula is C9H12N4S. The summed E-state index contributed by atoms with van der Waals surface area (Å²) in [5, 5.41) is 5.19. The molecule has 74 valence electrons. The second-order valence-corrected chi connectivity index (χ2v) is 4.04. The molecule has 0 radical (unpaired) electrons. The van der Waals surface area contributed by atoms with Crippen molar-refractivity contribution in [3.63, 3.8) is 0 Å². The summed E-state index contributed by atoms with van der Waals surface area (Å²) < 4.78 is 1.89. The lowest BCUT2D eigenvalue weighted by Crippen LogP contribution is -1.91. The molecule has 2 N–H and O–H groups in total. The highest BCUT2D eigenvalue weighted by molar-refractivity contribution is 7.15. The van der Waals surface area contributed by atoms with Crippen LogP contribution >= 0.6 is 11.3 Å². The molecule has 2 aromatic rings. The first-order chi connectivity index (χ1) is 6.83. The standard InChI is InChI=1S/C9H12N4S/c1-2-13-6-7(4-12-13)9-11-5-8(3-10)14-9/h4-6H,2-3,10H2,1H3. The van der Waals surface area contributed by atoms with Crippen LogP contribution in [0.1, 0.15) is 11.8 Å². The van der Waals surface area contributed by atoms with Crippen molar-refractivity contribution >= 4 is 11.3 Å². The van der Waals surface area contributed by atoms with E-state index in [-0.39, 0.29) is 0 Å². The van der Waals surface area contributed by atoms with Crippen molar-refractivity contribution in [3.8, 4) is 10.6 Å². The van der Waals surface area contributed by atoms with E-state index < -0.39 is 0 Å². The van der Waals surface area contributed by atoms with Gasteiger partial charge in [-0.2, -0.15) is 5.10 Å². The average molecular weight is 208 g/mol. The molecule has 0 atom stereocenters. The molecule has 0 amide bonds. The molecule has 2 aromatic heterocycles. The van der Waals surface area contributed by atoms with Crippen molar-refractivity contribution in [1.82, 2.24) is 14.8 Å². The number of nitrogens with zero attached hydrogens (tertiary/aromatic N) is 3. The van der Waals surface area contributed by atoms with Crippen molar-refractivity contribution in [2.24, 2.45) is 5.73 Å². The minimum atomic E-state index is 0.555. The molecule has 0 aromatic carbocycles. The summed E-state index contributed by atoms with van der Waals surface area (Å²) >= 11 is 1.62. The van der Waals surface area contributed by atoms with Crippen LogP contribution in [0, 0.1) is 0 Å². The van der Waals surface area contributed by atoms with Gasteiger partial charge >= 0.3 is 0 Å². The molecular weight excluding hydrogens is 196 g/mol. The average Bonchev–Trinajstić information content (AvgIpc) is 2.86. The van der Waals surface area contributed by atoms with Crippen LogP contribution < -0.4 is 5.73 Å². The molecule has 0 saturated carbocycles. The third-order valence-electron chi connectivity index (χ3n) is 1.96. The van der Waals surface area contributed by atoms with Crippen LogP contribution in [0.15, 0.2) is 18.6 Å². The van der Waals surface area contributed by atoms with Crippen molar-refractivity contribution in [1.29, 1.82) is 0 Å². The van der Waals surface area contributed by atoms with Crippen molar-refractivity contribution in [2.45, 2.75) is 20.0 Å². The lowest BCUT2D eigenvalue weighted by atomic mass is 10.4. The molecule has 0 unspecified atom stereocenters. The third-order valence-corrected chi connectivity index (χ3v) is 3.03. The molecule has 2 rings (SSSR count). The summed E-state index contributed by atoms with van der Waals surface area (Å²) in [6.45, 7) is 3.50. The van der Waals surface area contributed by atoms with Crippen LogP contribution in [-0.4, -0.2) is 14.8 Å². The highest BCUT2D eigenvalue weighted by Crippen LogP contribution is 2.24. The summed E-state index contributed by atoms with van der Waals surface area (Å²) in [6, 6.07) is 0. The molecule has 0 spiro atoms. The van der Waals surface area contributed by atoms with Gasteiger partial charge in [0.25, 0.3) is 0 Å². The van der Waals surface area contributed by atoms with Gasteiger partial charge in [-0.05, 0) is 6.92 Å². The van der Waals surface area contributed by atoms with E-state index in [4.69, 9.17) is 5.73 Å². The quantitative estimate of drug-likeness (QED) is 0.831. The fourth-order valence-electron chi connectivity index (χ4n) is 1.18. The van der Waals surface area contributed by atoms with Gasteiger partial charge in [0.05, 0.1) is 6.20 Å². The van der Waals surface area contributed by atoms with Gasteiger partial charge < -0.3 is 5.73 Å². The first-order valence-corrected chi connectivity index (χ1v) is 5.32. The van der Waals surface area contributed by atoms with E-state index in [1.807, 2.05) is 23.3 Å². The molecule has 0 aliphatic rings. The van der Waals surface area contributed by atoms with Crippen molar-refractivity contribution in [2.75, 3.05) is 0 Å². The summed E-state index contributed by atoms with van der Waals surface area (Å²) in [6.07, 6.45) is 5.66. The Kier molecular flexibility index (Phi) is 2.60. The molecule has 0 aliphatic carbocycles. The van der Waals surface area contributed by atoms with Crippen LogP contribution in [0.2, 0.25) is 0 Å². The highest BCUT2D eigenvalue weighted by Gasteiger charge is 2.05. The van der Waals surface area contributed by atoms with E-state index in [2.05, 4.69) is 17.0 Å². The Balaban J connectivity index is 2.29. The Labute approximate surface area is 86.4 Å². The molecule has 0 aliphatic heterocycles. The van der Waals surface area contributed by atoms with Gasteiger partial charge in [-0.1, -0.05) is 0 Å². The zero-order valence-corrected chi connectivity index (χ0v) is 8.79. The van der Waals surface area contributed by atoms with E-state index in [1.165, 1.54) is 0 Å². The molecule has 4 nitrogen and oxygen atoms in total. The van der Waals surface area contributed by atoms with Crippen LogP contribution in [0.3, 0.4) is 0 Å². The molecule has 0 bridgehead atoms. The number of hydrogen-bond acceptors (Lipinski definition) is 4. The Morgan fingerprint density at radius 2 is 2.36 bits per heavy atom. The largest absolute Gasteiger partial charge is 0.326 e. The molecule has 5 heteroatoms. The van der Waals surface area contributed by atoms with Crippen LogP contribution in [0.25, 0.3) is 10.6 Å². The number of aryl methyl sites for hydroxylation is 1. The molecule has 0 fully saturated rings. The molecule has 0 saturated heterocycles. The topological polar surface area (TPSA) is 56.7 Å². The van der Waals surface area contributed by atoms with E-state index in [0.717, 1.165) is 22.0 Å². The zero-order valence-electron chi connectivity index (χ0n) is 7.97. The maximum atomic E-state index is 5.52. The van der Waals surface area contributed by atoms with Crippen molar-refractivity contribution < 1.29 is 0 Å². The third kappa shape index (κ3) is 1.69. The van der Waals surface area contributed by atoms with Crippen molar-refractivity contribution in [3.05, 3.63) is 23.5 Å². The Bertz CT molecular complexity index is 378. The summed E-state index contributed by atoms with van der Waals surface area (Å²) in [4.78, 5) is 5.39. The molecule has 14 heavy (non-hydrogen) atoms. The van der Waals surface area contributed by atoms with Gasteiger partial charge in [-0.15, -0.1) is 11.3 Å². The maximum Gasteiger partial charge on any atom is 0.126 e. The minimum absolute atomic E-state index is 0.555. The lowest BCUT2D eigenvalue weighted by Gasteiger charge is -1.90. The Morgan fingerprint density at radius 3 is 2.93 bits per heavy atom. The monoisotopic (exact) mass is 208 g/mol. The smallest absolute Gasteiger partial charge is 0.126 e. The fraction of sp³-hybridized carbons (Fsp3) is 0.333. The summed E-state index contributed by atoms with van der Waals surface area (Å²) in [7, 11) is 0. The Hall–Kier alpha value is -1.20. The number of hydrogen-bond donors (Lipinski definition) is 1. The van der Waals surface area contributed by atoms with Crippen LogP contribution in [0.5, 0.6) is 0 Å². The van der Waals surface area contributed by atoms with Gasteiger partial charge in [0.15, 0.2) is 0 Å². The minimum Gasteiger partial charge on any atom is -0.326 e. The lowest BCUT2D eigenvalue weighted by molar-refractivity contribution is 0.660. The Morgan fingerprint density at radius 1 is 1.50 bits per heavy atom. The highest BCUT2D eigenvalue weighted by atomic mass is 32.1. The van der Waals surface area contributed by atoms with E-state index >= 15 is 0 Å². The van der Waals surface area contributed by atoms with Gasteiger partial charge in [0.1, 0.15) is 5.01 Å². The number of nitrogens with two attached hydrogens (primary N) is 1. The van der Waals surface area contributed by atoms with Crippen LogP contribution in [-0.2, 0) is 13.1 Å². The number of aromatic nitrogens is 3. The fourth-order valence-corrected chi connectivity index (χ4v) is 1.95. The van der Waals surface area contributed by atoms with Gasteiger partial charge in [-0.25, -0.2) is 4.98 Å². The second kappa shape index (κ2) is 3.89. The predicted octanol–water partition coefficient (Wildman–Crippen LogP) is 1.49. The maximum absolute atomic E-state index is 5.52. The normalized spacial score (nSPS) is 10.7. The number of thiazole rings is 1. The van der Waals surface area contributed by atoms with Gasteiger partial charge in [-0.3, -0.25) is 4.68 Å². The van der Waals surface area contributed by atoms with E-state index in [9.17, 15) is 0 Å². The zero-order chi connectivity index (χ0) is 9.97. The SMILES string of the molecule is CCn1cc(-c2ncc(CN)s2)cn1. The predicted molar refractivity (Wildman–Crippen MR) is 56.9 cm³/mol. The summed E-state index contributed by atoms with van der Waals surface area (Å²) in [5.41, 5.74) is 6.59. The molecule has 2 heterocycles. The summed E-state index contributed by atoms with van der Waals surface area (Å²) in [5.74, 6) is 0. The first-order valence-electron chi connectivity index (χ1n) is 4.51. The van der Waals surface area contributed by atoms with Gasteiger partial charge in [0, 0.05) is 35.9 Å². The number of rotatable bonds is 3. The van der Waals surface area contributed by atoms with Gasteiger partial charge in [0.2, 0.25) is 0 Å². The van der Waals surface area contributed by atoms with E-state index in [1.54, 1.807) is 11.3 Å². The first kappa shape index (κ1) is 9.36. The van der Waals surface area contributed by atoms with Crippen LogP contribution in [0.4, 0.5) is 0 Å². The van der Waals surface area contributed by atoms with E-state index in [0.29, 0.717) is 6.54 Å².